The van der Waals surface area contributed by atoms with E-state index in [9.17, 15) is 4.79 Å². The minimum atomic E-state index is -0.472. The lowest BCUT2D eigenvalue weighted by Gasteiger charge is -2.09. The lowest BCUT2D eigenvalue weighted by molar-refractivity contribution is -0.140. The first-order valence-corrected chi connectivity index (χ1v) is 6.46. The molecule has 0 saturated heterocycles. The fourth-order valence-corrected chi connectivity index (χ4v) is 1.65. The molecule has 0 fully saturated rings. The Morgan fingerprint density at radius 2 is 1.60 bits per heavy atom. The molecule has 0 aliphatic carbocycles. The van der Waals surface area contributed by atoms with E-state index in [0.29, 0.717) is 12.4 Å². The summed E-state index contributed by atoms with van der Waals surface area (Å²) in [5.74, 6) is 0.298. The van der Waals surface area contributed by atoms with Crippen LogP contribution >= 0.6 is 0 Å². The smallest absolute Gasteiger partial charge is 0.374 e. The monoisotopic (exact) mass is 268 g/mol. The van der Waals surface area contributed by atoms with Gasteiger partial charge in [-0.15, -0.1) is 0 Å². The second kappa shape index (κ2) is 7.14. The lowest BCUT2D eigenvalue weighted by Crippen LogP contribution is -2.12. The van der Waals surface area contributed by atoms with Crippen molar-refractivity contribution in [1.29, 1.82) is 0 Å². The van der Waals surface area contributed by atoms with Gasteiger partial charge < -0.3 is 9.47 Å². The highest BCUT2D eigenvalue weighted by Crippen LogP contribution is 2.16. The summed E-state index contributed by atoms with van der Waals surface area (Å²) in [6.07, 6.45) is 1.67. The Kier molecular flexibility index (Phi) is 4.95. The Morgan fingerprint density at radius 3 is 2.20 bits per heavy atom. The van der Waals surface area contributed by atoms with E-state index in [0.717, 1.165) is 5.56 Å². The van der Waals surface area contributed by atoms with Gasteiger partial charge in [0.15, 0.2) is 0 Å². The van der Waals surface area contributed by atoms with E-state index in [2.05, 4.69) is 0 Å². The van der Waals surface area contributed by atoms with Gasteiger partial charge in [-0.25, -0.2) is 4.79 Å². The van der Waals surface area contributed by atoms with Gasteiger partial charge >= 0.3 is 5.97 Å². The minimum absolute atomic E-state index is 0.171. The van der Waals surface area contributed by atoms with Gasteiger partial charge in [0.25, 0.3) is 0 Å². The van der Waals surface area contributed by atoms with E-state index in [-0.39, 0.29) is 5.76 Å². The molecule has 3 nitrogen and oxygen atoms in total. The fourth-order valence-electron chi connectivity index (χ4n) is 1.65. The summed E-state index contributed by atoms with van der Waals surface area (Å²) in [6.45, 7) is 2.07. The van der Waals surface area contributed by atoms with Gasteiger partial charge in [0.2, 0.25) is 5.76 Å². The van der Waals surface area contributed by atoms with Crippen LogP contribution in [0.3, 0.4) is 0 Å². The molecule has 2 aromatic carbocycles. The Morgan fingerprint density at radius 1 is 1.00 bits per heavy atom. The summed E-state index contributed by atoms with van der Waals surface area (Å²) < 4.78 is 10.6. The first-order valence-electron chi connectivity index (χ1n) is 6.46. The van der Waals surface area contributed by atoms with Crippen LogP contribution in [0, 0.1) is 0 Å². The highest BCUT2D eigenvalue weighted by atomic mass is 16.6. The van der Waals surface area contributed by atoms with E-state index in [1.54, 1.807) is 25.1 Å². The molecule has 0 bridgehead atoms. The Hall–Kier alpha value is -2.55. The molecule has 0 unspecified atom stereocenters. The van der Waals surface area contributed by atoms with Gasteiger partial charge in [0.1, 0.15) is 5.75 Å². The third kappa shape index (κ3) is 3.99. The van der Waals surface area contributed by atoms with Gasteiger partial charge in [-0.05, 0) is 30.7 Å². The van der Waals surface area contributed by atoms with Crippen LogP contribution in [-0.4, -0.2) is 12.6 Å². The quantitative estimate of drug-likeness (QED) is 0.471. The van der Waals surface area contributed by atoms with Crippen molar-refractivity contribution in [2.24, 2.45) is 0 Å². The van der Waals surface area contributed by atoms with Crippen LogP contribution in [0.5, 0.6) is 5.75 Å². The molecule has 2 aromatic rings. The van der Waals surface area contributed by atoms with Crippen LogP contribution in [0.4, 0.5) is 0 Å². The van der Waals surface area contributed by atoms with Crippen LogP contribution in [-0.2, 0) is 9.53 Å². The molecule has 2 rings (SSSR count). The fraction of sp³-hybridized carbons (Fsp3) is 0.118. The molecule has 0 heterocycles. The van der Waals surface area contributed by atoms with E-state index in [1.165, 1.54) is 0 Å². The standard InChI is InChI=1S/C17H16O3/c1-2-19-17(18)16(13-14-9-5-3-6-10-14)20-15-11-7-4-8-12-15/h3-13H,2H2,1H3/b16-13+. The van der Waals surface area contributed by atoms with Crippen molar-refractivity contribution < 1.29 is 14.3 Å². The summed E-state index contributed by atoms with van der Waals surface area (Å²) in [7, 11) is 0. The normalized spacial score (nSPS) is 10.9. The molecular formula is C17H16O3. The lowest BCUT2D eigenvalue weighted by atomic mass is 10.2. The third-order valence-electron chi connectivity index (χ3n) is 2.54. The number of ether oxygens (including phenoxy) is 2. The number of hydrogen-bond donors (Lipinski definition) is 0. The summed E-state index contributed by atoms with van der Waals surface area (Å²) in [4.78, 5) is 11.9. The summed E-state index contributed by atoms with van der Waals surface area (Å²) in [6, 6.07) is 18.7. The van der Waals surface area contributed by atoms with Gasteiger partial charge in [-0.1, -0.05) is 48.5 Å². The first-order chi connectivity index (χ1) is 9.79. The highest BCUT2D eigenvalue weighted by Gasteiger charge is 2.13. The molecule has 0 aromatic heterocycles. The molecule has 20 heavy (non-hydrogen) atoms. The van der Waals surface area contributed by atoms with Crippen molar-refractivity contribution in [2.75, 3.05) is 6.61 Å². The van der Waals surface area contributed by atoms with Crippen LogP contribution in [0.1, 0.15) is 12.5 Å². The van der Waals surface area contributed by atoms with Crippen molar-refractivity contribution in [2.45, 2.75) is 6.92 Å². The summed E-state index contributed by atoms with van der Waals surface area (Å²) in [5, 5.41) is 0. The van der Waals surface area contributed by atoms with Gasteiger partial charge in [0.05, 0.1) is 6.61 Å². The molecule has 0 radical (unpaired) electrons. The first kappa shape index (κ1) is 13.9. The number of benzene rings is 2. The van der Waals surface area contributed by atoms with Crippen LogP contribution in [0.25, 0.3) is 6.08 Å². The SMILES string of the molecule is CCOC(=O)/C(=C\c1ccccc1)Oc1ccccc1. The van der Waals surface area contributed by atoms with Crippen molar-refractivity contribution in [3.05, 3.63) is 72.0 Å². The largest absolute Gasteiger partial charge is 0.460 e. The number of carbonyl (C=O) groups excluding carboxylic acids is 1. The highest BCUT2D eigenvalue weighted by molar-refractivity contribution is 5.92. The predicted octanol–water partition coefficient (Wildman–Crippen LogP) is 3.67. The van der Waals surface area contributed by atoms with Crippen molar-refractivity contribution in [3.63, 3.8) is 0 Å². The summed E-state index contributed by atoms with van der Waals surface area (Å²) >= 11 is 0. The number of carbonyl (C=O) groups is 1. The molecule has 0 spiro atoms. The van der Waals surface area contributed by atoms with E-state index < -0.39 is 5.97 Å². The molecule has 0 atom stereocenters. The third-order valence-corrected chi connectivity index (χ3v) is 2.54. The molecule has 0 aliphatic rings. The molecule has 102 valence electrons. The van der Waals surface area contributed by atoms with Crippen molar-refractivity contribution in [3.8, 4) is 5.75 Å². The number of para-hydroxylation sites is 1. The average molecular weight is 268 g/mol. The zero-order valence-electron chi connectivity index (χ0n) is 11.3. The zero-order valence-corrected chi connectivity index (χ0v) is 11.3. The maximum absolute atomic E-state index is 11.9. The number of hydrogen-bond acceptors (Lipinski definition) is 3. The Balaban J connectivity index is 2.25. The van der Waals surface area contributed by atoms with E-state index in [1.807, 2.05) is 48.5 Å². The van der Waals surface area contributed by atoms with Crippen molar-refractivity contribution >= 4 is 12.0 Å². The molecule has 0 aliphatic heterocycles. The topological polar surface area (TPSA) is 35.5 Å². The molecular weight excluding hydrogens is 252 g/mol. The van der Waals surface area contributed by atoms with Gasteiger partial charge in [-0.2, -0.15) is 0 Å². The number of esters is 1. The number of rotatable bonds is 5. The van der Waals surface area contributed by atoms with Gasteiger partial charge in [0, 0.05) is 0 Å². The Bertz CT molecular complexity index is 574. The van der Waals surface area contributed by atoms with Crippen molar-refractivity contribution in [1.82, 2.24) is 0 Å². The zero-order chi connectivity index (χ0) is 14.2. The van der Waals surface area contributed by atoms with Crippen LogP contribution in [0.2, 0.25) is 0 Å². The van der Waals surface area contributed by atoms with Crippen LogP contribution < -0.4 is 4.74 Å². The summed E-state index contributed by atoms with van der Waals surface area (Å²) in [5.41, 5.74) is 0.881. The maximum atomic E-state index is 11.9. The predicted molar refractivity (Wildman–Crippen MR) is 78.1 cm³/mol. The molecule has 3 heteroatoms. The van der Waals surface area contributed by atoms with Crippen LogP contribution in [0.15, 0.2) is 66.4 Å². The maximum Gasteiger partial charge on any atom is 0.374 e. The van der Waals surface area contributed by atoms with E-state index >= 15 is 0 Å². The average Bonchev–Trinajstić information content (AvgIpc) is 2.49. The second-order valence-corrected chi connectivity index (χ2v) is 4.05. The molecule has 0 N–H and O–H groups in total. The van der Waals surface area contributed by atoms with Gasteiger partial charge in [-0.3, -0.25) is 0 Å². The Labute approximate surface area is 118 Å². The second-order valence-electron chi connectivity index (χ2n) is 4.05. The minimum Gasteiger partial charge on any atom is -0.460 e. The molecule has 0 amide bonds. The van der Waals surface area contributed by atoms with E-state index in [4.69, 9.17) is 9.47 Å². The molecule has 0 saturated carbocycles.